The van der Waals surface area contributed by atoms with Crippen LogP contribution in [0.4, 0.5) is 5.69 Å². The molecule has 2 aromatic rings. The molecule has 1 atom stereocenters. The summed E-state index contributed by atoms with van der Waals surface area (Å²) in [6, 6.07) is 7.12. The molecule has 0 aromatic heterocycles. The molecule has 0 radical (unpaired) electrons. The van der Waals surface area contributed by atoms with Gasteiger partial charge < -0.3 is 14.8 Å². The molecule has 0 saturated heterocycles. The molecule has 1 aliphatic heterocycles. The molecule has 32 heavy (non-hydrogen) atoms. The van der Waals surface area contributed by atoms with E-state index in [0.717, 1.165) is 11.2 Å². The molecule has 0 saturated carbocycles. The second kappa shape index (κ2) is 8.99. The third-order valence-electron chi connectivity index (χ3n) is 4.79. The molecule has 170 valence electrons. The number of imide groups is 1. The Bertz CT molecular complexity index is 1290. The number of nitrogens with one attached hydrogen (secondary N) is 1. The van der Waals surface area contributed by atoms with Crippen molar-refractivity contribution < 1.29 is 36.4 Å². The third kappa shape index (κ3) is 4.59. The molecule has 3 rings (SSSR count). The maximum Gasteiger partial charge on any atom is 0.264 e. The number of benzene rings is 2. The van der Waals surface area contributed by atoms with Gasteiger partial charge in [0.15, 0.2) is 11.5 Å². The highest BCUT2D eigenvalue weighted by Crippen LogP contribution is 2.38. The summed E-state index contributed by atoms with van der Waals surface area (Å²) in [4.78, 5) is 39.1. The van der Waals surface area contributed by atoms with E-state index in [-0.39, 0.29) is 40.5 Å². The van der Waals surface area contributed by atoms with Gasteiger partial charge in [0.2, 0.25) is 5.91 Å². The number of anilines is 1. The minimum absolute atomic E-state index is 0.00942. The van der Waals surface area contributed by atoms with Crippen molar-refractivity contribution in [2.75, 3.05) is 31.0 Å². The zero-order chi connectivity index (χ0) is 26.1. The predicted octanol–water partition coefficient (Wildman–Crippen LogP) is 2.43. The summed E-state index contributed by atoms with van der Waals surface area (Å²) in [5, 5.41) is 2.51. The first-order chi connectivity index (χ1) is 16.2. The minimum Gasteiger partial charge on any atom is -0.493 e. The number of sulfone groups is 1. The molecule has 0 unspecified atom stereocenters. The Labute approximate surface area is 190 Å². The summed E-state index contributed by atoms with van der Waals surface area (Å²) < 4.78 is 57.0. The van der Waals surface area contributed by atoms with Gasteiger partial charge in [0.25, 0.3) is 11.8 Å². The number of carbonyl (C=O) groups excluding carboxylic acids is 3. The van der Waals surface area contributed by atoms with E-state index in [1.807, 2.05) is 0 Å². The third-order valence-corrected chi connectivity index (χ3v) is 5.71. The summed E-state index contributed by atoms with van der Waals surface area (Å²) in [5.41, 5.74) is 0.323. The van der Waals surface area contributed by atoms with Gasteiger partial charge in [-0.15, -0.1) is 0 Å². The highest BCUT2D eigenvalue weighted by atomic mass is 32.2. The van der Waals surface area contributed by atoms with Crippen LogP contribution in [-0.4, -0.2) is 56.7 Å². The molecule has 0 bridgehead atoms. The van der Waals surface area contributed by atoms with Crippen molar-refractivity contribution in [3.8, 4) is 11.5 Å². The quantitative estimate of drug-likeness (QED) is 0.597. The van der Waals surface area contributed by atoms with Crippen LogP contribution in [0, 0.1) is 0 Å². The smallest absolute Gasteiger partial charge is 0.264 e. The highest BCUT2D eigenvalue weighted by molar-refractivity contribution is 7.90. The molecule has 1 aliphatic rings. The fourth-order valence-electron chi connectivity index (χ4n) is 3.57. The van der Waals surface area contributed by atoms with Gasteiger partial charge in [-0.3, -0.25) is 19.3 Å². The summed E-state index contributed by atoms with van der Waals surface area (Å²) >= 11 is 0. The number of nitrogens with zero attached hydrogens (tertiary/aromatic N) is 1. The summed E-state index contributed by atoms with van der Waals surface area (Å²) in [7, 11) is -6.48. The number of amides is 3. The monoisotopic (exact) mass is 463 g/mol. The number of fused-ring (bicyclic) bond motifs is 1. The predicted molar refractivity (Wildman–Crippen MR) is 118 cm³/mol. The molecule has 9 nitrogen and oxygen atoms in total. The van der Waals surface area contributed by atoms with E-state index in [4.69, 9.17) is 13.6 Å². The molecule has 0 aliphatic carbocycles. The van der Waals surface area contributed by atoms with Crippen LogP contribution >= 0.6 is 0 Å². The number of methoxy groups -OCH3 is 1. The Balaban J connectivity index is 2.12. The first kappa shape index (κ1) is 19.3. The molecular weight excluding hydrogens is 436 g/mol. The number of carbonyl (C=O) groups is 3. The average molecular weight is 464 g/mol. The Hall–Kier alpha value is -3.40. The second-order valence-electron chi connectivity index (χ2n) is 7.24. The highest BCUT2D eigenvalue weighted by Gasteiger charge is 2.43. The summed E-state index contributed by atoms with van der Waals surface area (Å²) in [6.07, 6.45) is 0.969. The Morgan fingerprint density at radius 3 is 2.56 bits per heavy atom. The first-order valence-electron chi connectivity index (χ1n) is 11.1. The fourth-order valence-corrected chi connectivity index (χ4v) is 4.49. The van der Waals surface area contributed by atoms with Crippen molar-refractivity contribution in [1.29, 1.82) is 0 Å². The number of hydrogen-bond acceptors (Lipinski definition) is 7. The van der Waals surface area contributed by atoms with Crippen molar-refractivity contribution in [2.45, 2.75) is 19.9 Å². The van der Waals surface area contributed by atoms with Crippen LogP contribution in [-0.2, 0) is 14.6 Å². The van der Waals surface area contributed by atoms with E-state index in [9.17, 15) is 22.8 Å². The first-order valence-corrected chi connectivity index (χ1v) is 11.7. The topological polar surface area (TPSA) is 119 Å². The molecular formula is C22H24N2O7S. The molecule has 0 fully saturated rings. The standard InChI is InChI=1S/C22H24N2O7S/c1-5-31-19-11-14(9-10-18(19)30-3)17(12-32(4,28)29)24-21(26)15-7-6-8-16(23-13(2)25)20(15)22(24)27/h6-11,17H,5,12H2,1-4H3,(H,23,25)/t17-/m1/s1/i3D3. The van der Waals surface area contributed by atoms with Crippen molar-refractivity contribution in [1.82, 2.24) is 4.90 Å². The second-order valence-corrected chi connectivity index (χ2v) is 9.42. The van der Waals surface area contributed by atoms with Crippen LogP contribution in [0.3, 0.4) is 0 Å². The van der Waals surface area contributed by atoms with Crippen molar-refractivity contribution >= 4 is 33.2 Å². The Morgan fingerprint density at radius 2 is 1.94 bits per heavy atom. The molecule has 0 spiro atoms. The van der Waals surface area contributed by atoms with Gasteiger partial charge in [0.1, 0.15) is 9.84 Å². The lowest BCUT2D eigenvalue weighted by Gasteiger charge is -2.27. The number of ether oxygens (including phenoxy) is 2. The van der Waals surface area contributed by atoms with Gasteiger partial charge in [0, 0.05) is 13.2 Å². The van der Waals surface area contributed by atoms with E-state index < -0.39 is 46.4 Å². The van der Waals surface area contributed by atoms with Crippen LogP contribution in [0.1, 0.15) is 50.3 Å². The van der Waals surface area contributed by atoms with E-state index >= 15 is 0 Å². The maximum absolute atomic E-state index is 13.4. The molecule has 3 amide bonds. The van der Waals surface area contributed by atoms with Gasteiger partial charge in [-0.25, -0.2) is 8.42 Å². The van der Waals surface area contributed by atoms with Crippen molar-refractivity contribution in [3.05, 3.63) is 53.1 Å². The van der Waals surface area contributed by atoms with Crippen LogP contribution < -0.4 is 14.8 Å². The van der Waals surface area contributed by atoms with E-state index in [2.05, 4.69) is 5.32 Å². The van der Waals surface area contributed by atoms with Crippen molar-refractivity contribution in [3.63, 3.8) is 0 Å². The lowest BCUT2D eigenvalue weighted by molar-refractivity contribution is -0.114. The minimum atomic E-state index is -3.71. The molecule has 1 N–H and O–H groups in total. The van der Waals surface area contributed by atoms with Crippen LogP contribution in [0.15, 0.2) is 36.4 Å². The van der Waals surface area contributed by atoms with E-state index in [1.165, 1.54) is 43.3 Å². The Kier molecular flexibility index (Phi) is 5.42. The van der Waals surface area contributed by atoms with Gasteiger partial charge in [-0.2, -0.15) is 0 Å². The number of rotatable bonds is 8. The average Bonchev–Trinajstić information content (AvgIpc) is 2.97. The largest absolute Gasteiger partial charge is 0.493 e. The van der Waals surface area contributed by atoms with Gasteiger partial charge in [-0.05, 0) is 36.8 Å². The zero-order valence-electron chi connectivity index (χ0n) is 20.7. The summed E-state index contributed by atoms with van der Waals surface area (Å²) in [5.74, 6) is -2.65. The van der Waals surface area contributed by atoms with E-state index in [0.29, 0.717) is 0 Å². The Morgan fingerprint density at radius 1 is 1.19 bits per heavy atom. The van der Waals surface area contributed by atoms with Gasteiger partial charge in [-0.1, -0.05) is 12.1 Å². The fraction of sp³-hybridized carbons (Fsp3) is 0.318. The molecule has 10 heteroatoms. The number of hydrogen-bond donors (Lipinski definition) is 1. The van der Waals surface area contributed by atoms with Gasteiger partial charge in [0.05, 0.1) is 46.4 Å². The lowest BCUT2D eigenvalue weighted by atomic mass is 10.1. The van der Waals surface area contributed by atoms with Gasteiger partial charge >= 0.3 is 0 Å². The van der Waals surface area contributed by atoms with Crippen LogP contribution in [0.5, 0.6) is 11.5 Å². The van der Waals surface area contributed by atoms with Crippen molar-refractivity contribution in [2.24, 2.45) is 0 Å². The zero-order valence-corrected chi connectivity index (χ0v) is 18.5. The van der Waals surface area contributed by atoms with Crippen LogP contribution in [0.2, 0.25) is 0 Å². The molecule has 2 aromatic carbocycles. The maximum atomic E-state index is 13.4. The molecule has 1 heterocycles. The normalized spacial score (nSPS) is 16.0. The van der Waals surface area contributed by atoms with E-state index in [1.54, 1.807) is 6.92 Å². The SMILES string of the molecule is [2H]C([2H])([2H])Oc1ccc([C@@H](CS(C)(=O)=O)N2C(=O)c3cccc(NC(C)=O)c3C2=O)cc1OCC. The van der Waals surface area contributed by atoms with Crippen LogP contribution in [0.25, 0.3) is 0 Å². The lowest BCUT2D eigenvalue weighted by Crippen LogP contribution is -2.37. The summed E-state index contributed by atoms with van der Waals surface area (Å²) in [6.45, 7) is 3.06.